The van der Waals surface area contributed by atoms with Gasteiger partial charge in [0, 0.05) is 31.4 Å². The molecule has 1 atom stereocenters. The summed E-state index contributed by atoms with van der Waals surface area (Å²) in [5.74, 6) is 3.01. The normalized spacial score (nSPS) is 17.0. The van der Waals surface area contributed by atoms with Gasteiger partial charge in [0.2, 0.25) is 0 Å². The number of rotatable bonds is 2. The van der Waals surface area contributed by atoms with E-state index in [-0.39, 0.29) is 12.1 Å². The molecule has 1 unspecified atom stereocenters. The van der Waals surface area contributed by atoms with Crippen molar-refractivity contribution < 1.29 is 14.3 Å². The minimum atomic E-state index is -0.0884. The van der Waals surface area contributed by atoms with Gasteiger partial charge < -0.3 is 24.6 Å². The molecule has 2 amide bonds. The third-order valence-electron chi connectivity index (χ3n) is 6.23. The number of anilines is 1. The van der Waals surface area contributed by atoms with E-state index in [0.29, 0.717) is 25.4 Å². The minimum Gasteiger partial charge on any atom is -0.497 e. The molecule has 174 valence electrons. The summed E-state index contributed by atoms with van der Waals surface area (Å²) in [5, 5.41) is 3.02. The third kappa shape index (κ3) is 4.29. The van der Waals surface area contributed by atoms with Crippen molar-refractivity contribution in [3.05, 3.63) is 77.9 Å². The topological polar surface area (TPSA) is 66.4 Å². The van der Waals surface area contributed by atoms with Gasteiger partial charge in [-0.2, -0.15) is 0 Å². The summed E-state index contributed by atoms with van der Waals surface area (Å²) in [5.41, 5.74) is 3.61. The number of urea groups is 1. The van der Waals surface area contributed by atoms with E-state index in [1.807, 2.05) is 78.6 Å². The number of amides is 2. The lowest BCUT2D eigenvalue weighted by molar-refractivity contribution is 0.145. The van der Waals surface area contributed by atoms with Gasteiger partial charge in [0.25, 0.3) is 0 Å². The average Bonchev–Trinajstić information content (AvgIpc) is 3.01. The number of nitrogens with one attached hydrogen (secondary N) is 1. The fourth-order valence-electron chi connectivity index (χ4n) is 4.35. The molecule has 1 fully saturated rings. The number of para-hydroxylation sites is 2. The first-order chi connectivity index (χ1) is 16.5. The monoisotopic (exact) mass is 456 g/mol. The molecule has 3 aromatic rings. The first kappa shape index (κ1) is 21.8. The third-order valence-corrected chi connectivity index (χ3v) is 6.23. The number of carbonyl (C=O) groups excluding carboxylic acids is 1. The Morgan fingerprint density at radius 3 is 2.62 bits per heavy atom. The lowest BCUT2D eigenvalue weighted by Crippen LogP contribution is -2.56. The van der Waals surface area contributed by atoms with Gasteiger partial charge in [-0.25, -0.2) is 9.79 Å². The quantitative estimate of drug-likeness (QED) is 0.559. The van der Waals surface area contributed by atoms with Crippen molar-refractivity contribution in [2.45, 2.75) is 19.9 Å². The van der Waals surface area contributed by atoms with Crippen LogP contribution >= 0.6 is 0 Å². The Labute approximate surface area is 199 Å². The Bertz CT molecular complexity index is 1240. The van der Waals surface area contributed by atoms with Crippen LogP contribution in [0.4, 0.5) is 16.2 Å². The highest BCUT2D eigenvalue weighted by molar-refractivity contribution is 6.04. The maximum Gasteiger partial charge on any atom is 0.322 e. The molecular formula is C27H28N4O3. The van der Waals surface area contributed by atoms with Crippen LogP contribution in [0.2, 0.25) is 0 Å². The number of nitrogens with zero attached hydrogens (tertiary/aromatic N) is 3. The Morgan fingerprint density at radius 1 is 1.06 bits per heavy atom. The zero-order chi connectivity index (χ0) is 23.7. The second-order valence-corrected chi connectivity index (χ2v) is 8.65. The van der Waals surface area contributed by atoms with Crippen molar-refractivity contribution in [1.82, 2.24) is 9.80 Å². The molecule has 0 spiro atoms. The van der Waals surface area contributed by atoms with Crippen LogP contribution in [-0.2, 0) is 0 Å². The summed E-state index contributed by atoms with van der Waals surface area (Å²) < 4.78 is 11.7. The van der Waals surface area contributed by atoms with E-state index < -0.39 is 0 Å². The first-order valence-electron chi connectivity index (χ1n) is 11.4. The van der Waals surface area contributed by atoms with Gasteiger partial charge in [-0.15, -0.1) is 0 Å². The lowest BCUT2D eigenvalue weighted by Gasteiger charge is -2.41. The number of aliphatic imine (C=N–C) groups is 1. The lowest BCUT2D eigenvalue weighted by atomic mass is 10.1. The summed E-state index contributed by atoms with van der Waals surface area (Å²) in [6.07, 6.45) is 0. The summed E-state index contributed by atoms with van der Waals surface area (Å²) in [4.78, 5) is 22.1. The number of piperazine rings is 1. The molecule has 0 aliphatic carbocycles. The van der Waals surface area contributed by atoms with Crippen molar-refractivity contribution in [3.8, 4) is 17.2 Å². The van der Waals surface area contributed by atoms with Crippen LogP contribution in [-0.4, -0.2) is 54.5 Å². The minimum absolute atomic E-state index is 0.00429. The van der Waals surface area contributed by atoms with Crippen LogP contribution in [0.1, 0.15) is 18.1 Å². The molecule has 5 rings (SSSR count). The second-order valence-electron chi connectivity index (χ2n) is 8.65. The molecule has 2 aliphatic heterocycles. The van der Waals surface area contributed by atoms with Gasteiger partial charge in [0.1, 0.15) is 23.0 Å². The van der Waals surface area contributed by atoms with E-state index in [2.05, 4.69) is 17.1 Å². The molecule has 0 radical (unpaired) electrons. The van der Waals surface area contributed by atoms with Crippen LogP contribution in [0.25, 0.3) is 0 Å². The number of ether oxygens (including phenoxy) is 2. The van der Waals surface area contributed by atoms with Crippen molar-refractivity contribution in [1.29, 1.82) is 0 Å². The molecule has 2 aliphatic rings. The van der Waals surface area contributed by atoms with Crippen molar-refractivity contribution in [3.63, 3.8) is 0 Å². The molecule has 1 N–H and O–H groups in total. The van der Waals surface area contributed by atoms with E-state index in [0.717, 1.165) is 39.8 Å². The standard InChI is InChI=1S/C27H28N4O3/c1-18-8-10-20(11-9-18)28-27(32)31-15-14-30(17-19(31)2)26-22-16-21(33-3)12-13-24(22)34-25-7-5-4-6-23(25)29-26/h4-13,16,19H,14-15,17H2,1-3H3,(H,28,32). The zero-order valence-corrected chi connectivity index (χ0v) is 19.6. The molecule has 1 saturated heterocycles. The number of amidine groups is 1. The Balaban J connectivity index is 1.40. The van der Waals surface area contributed by atoms with Gasteiger partial charge in [0.05, 0.1) is 12.7 Å². The molecule has 0 saturated carbocycles. The molecule has 7 heteroatoms. The second kappa shape index (κ2) is 9.09. The maximum atomic E-state index is 13.0. The molecule has 0 aromatic heterocycles. The van der Waals surface area contributed by atoms with Gasteiger partial charge in [-0.3, -0.25) is 0 Å². The molecule has 7 nitrogen and oxygen atoms in total. The van der Waals surface area contributed by atoms with Crippen LogP contribution in [0, 0.1) is 6.92 Å². The number of benzene rings is 3. The van der Waals surface area contributed by atoms with E-state index >= 15 is 0 Å². The van der Waals surface area contributed by atoms with Crippen molar-refractivity contribution in [2.75, 3.05) is 32.1 Å². The van der Waals surface area contributed by atoms with Crippen LogP contribution in [0.3, 0.4) is 0 Å². The Kier molecular flexibility index (Phi) is 5.84. The van der Waals surface area contributed by atoms with Gasteiger partial charge in [-0.05, 0) is 56.3 Å². The van der Waals surface area contributed by atoms with Crippen LogP contribution in [0.15, 0.2) is 71.7 Å². The number of hydrogen-bond donors (Lipinski definition) is 1. The molecular weight excluding hydrogens is 428 g/mol. The number of fused-ring (bicyclic) bond motifs is 2. The summed E-state index contributed by atoms with van der Waals surface area (Å²) in [7, 11) is 1.65. The number of methoxy groups -OCH3 is 1. The highest BCUT2D eigenvalue weighted by Gasteiger charge is 2.31. The fraction of sp³-hybridized carbons (Fsp3) is 0.259. The van der Waals surface area contributed by atoms with E-state index in [1.54, 1.807) is 7.11 Å². The summed E-state index contributed by atoms with van der Waals surface area (Å²) >= 11 is 0. The molecule has 34 heavy (non-hydrogen) atoms. The van der Waals surface area contributed by atoms with Gasteiger partial charge in [0.15, 0.2) is 5.75 Å². The molecule has 0 bridgehead atoms. The SMILES string of the molecule is COc1ccc2c(c1)C(N1CCN(C(=O)Nc3ccc(C)cc3)C(C)C1)=Nc1ccccc1O2. The van der Waals surface area contributed by atoms with E-state index in [9.17, 15) is 4.79 Å². The maximum absolute atomic E-state index is 13.0. The highest BCUT2D eigenvalue weighted by atomic mass is 16.5. The summed E-state index contributed by atoms with van der Waals surface area (Å²) in [6.45, 7) is 5.98. The smallest absolute Gasteiger partial charge is 0.322 e. The predicted molar refractivity (Wildman–Crippen MR) is 134 cm³/mol. The van der Waals surface area contributed by atoms with Gasteiger partial charge in [-0.1, -0.05) is 29.8 Å². The number of hydrogen-bond acceptors (Lipinski definition) is 5. The van der Waals surface area contributed by atoms with Crippen LogP contribution < -0.4 is 14.8 Å². The van der Waals surface area contributed by atoms with Crippen LogP contribution in [0.5, 0.6) is 17.2 Å². The van der Waals surface area contributed by atoms with Crippen molar-refractivity contribution >= 4 is 23.2 Å². The highest BCUT2D eigenvalue weighted by Crippen LogP contribution is 2.39. The molecule has 3 aromatic carbocycles. The Hall–Kier alpha value is -4.00. The van der Waals surface area contributed by atoms with E-state index in [4.69, 9.17) is 14.5 Å². The predicted octanol–water partition coefficient (Wildman–Crippen LogP) is 5.43. The number of aryl methyl sites for hydroxylation is 1. The fourth-order valence-corrected chi connectivity index (χ4v) is 4.35. The average molecular weight is 457 g/mol. The molecule has 2 heterocycles. The van der Waals surface area contributed by atoms with Gasteiger partial charge >= 0.3 is 6.03 Å². The van der Waals surface area contributed by atoms with E-state index in [1.165, 1.54) is 0 Å². The number of carbonyl (C=O) groups is 1. The summed E-state index contributed by atoms with van der Waals surface area (Å²) in [6, 6.07) is 21.3. The zero-order valence-electron chi connectivity index (χ0n) is 19.6. The first-order valence-corrected chi connectivity index (χ1v) is 11.4. The Morgan fingerprint density at radius 2 is 1.85 bits per heavy atom. The van der Waals surface area contributed by atoms with Crippen molar-refractivity contribution in [2.24, 2.45) is 4.99 Å². The largest absolute Gasteiger partial charge is 0.497 e.